The fourth-order valence-electron chi connectivity index (χ4n) is 2.18. The van der Waals surface area contributed by atoms with Crippen molar-refractivity contribution in [1.82, 2.24) is 4.90 Å². The van der Waals surface area contributed by atoms with Crippen LogP contribution in [-0.2, 0) is 4.74 Å². The lowest BCUT2D eigenvalue weighted by Gasteiger charge is -2.37. The van der Waals surface area contributed by atoms with Crippen molar-refractivity contribution < 1.29 is 14.6 Å². The van der Waals surface area contributed by atoms with Crippen LogP contribution in [0.25, 0.3) is 0 Å². The summed E-state index contributed by atoms with van der Waals surface area (Å²) >= 11 is 1.38. The van der Waals surface area contributed by atoms with Crippen molar-refractivity contribution in [1.29, 1.82) is 0 Å². The minimum Gasteiger partial charge on any atom is -0.384 e. The second kappa shape index (κ2) is 5.96. The molecule has 4 nitrogen and oxygen atoms in total. The number of amides is 1. The fourth-order valence-corrected chi connectivity index (χ4v) is 3.19. The first-order valence-corrected chi connectivity index (χ1v) is 7.38. The topological polar surface area (TPSA) is 49.8 Å². The van der Waals surface area contributed by atoms with Crippen LogP contribution in [0.3, 0.4) is 0 Å². The van der Waals surface area contributed by atoms with Gasteiger partial charge in [-0.3, -0.25) is 4.79 Å². The Kier molecular flexibility index (Phi) is 4.48. The van der Waals surface area contributed by atoms with Crippen LogP contribution in [0.2, 0.25) is 0 Å². The molecule has 1 saturated heterocycles. The summed E-state index contributed by atoms with van der Waals surface area (Å²) in [5, 5.41) is 8.74. The first-order chi connectivity index (χ1) is 9.43. The molecule has 1 aliphatic heterocycles. The zero-order chi connectivity index (χ0) is 14.8. The second-order valence-electron chi connectivity index (χ2n) is 5.42. The van der Waals surface area contributed by atoms with E-state index in [0.717, 1.165) is 10.4 Å². The van der Waals surface area contributed by atoms with Gasteiger partial charge >= 0.3 is 0 Å². The van der Waals surface area contributed by atoms with E-state index in [0.29, 0.717) is 24.6 Å². The molecule has 1 N–H and O–H groups in total. The quantitative estimate of drug-likeness (QED) is 0.801. The third-order valence-corrected chi connectivity index (χ3v) is 4.26. The summed E-state index contributed by atoms with van der Waals surface area (Å²) in [5.74, 6) is 5.54. The van der Waals surface area contributed by atoms with Gasteiger partial charge in [0.15, 0.2) is 0 Å². The zero-order valence-corrected chi connectivity index (χ0v) is 12.8. The van der Waals surface area contributed by atoms with Crippen molar-refractivity contribution in [2.75, 3.05) is 26.3 Å². The lowest BCUT2D eigenvalue weighted by molar-refractivity contribution is -0.0763. The molecule has 1 aliphatic rings. The van der Waals surface area contributed by atoms with Crippen LogP contribution in [0, 0.1) is 18.8 Å². The molecule has 0 radical (unpaired) electrons. The maximum absolute atomic E-state index is 12.5. The van der Waals surface area contributed by atoms with Crippen molar-refractivity contribution in [3.8, 4) is 11.8 Å². The number of ether oxygens (including phenoxy) is 1. The monoisotopic (exact) mass is 293 g/mol. The molecular formula is C15H19NO3S. The average molecular weight is 293 g/mol. The zero-order valence-electron chi connectivity index (χ0n) is 12.0. The van der Waals surface area contributed by atoms with Crippen molar-refractivity contribution in [3.05, 3.63) is 21.4 Å². The Labute approximate surface area is 123 Å². The highest BCUT2D eigenvalue weighted by Gasteiger charge is 2.31. The fraction of sp³-hybridized carbons (Fsp3) is 0.533. The lowest BCUT2D eigenvalue weighted by Crippen LogP contribution is -2.50. The smallest absolute Gasteiger partial charge is 0.264 e. The summed E-state index contributed by atoms with van der Waals surface area (Å²) in [5.41, 5.74) is 0.687. The van der Waals surface area contributed by atoms with E-state index in [1.165, 1.54) is 11.3 Å². The van der Waals surface area contributed by atoms with Crippen LogP contribution in [0.4, 0.5) is 0 Å². The number of morpholine rings is 1. The molecule has 0 saturated carbocycles. The Bertz CT molecular complexity index is 565. The van der Waals surface area contributed by atoms with E-state index in [2.05, 4.69) is 11.8 Å². The summed E-state index contributed by atoms with van der Waals surface area (Å²) < 4.78 is 5.62. The number of aliphatic hydroxyl groups excluding tert-OH is 1. The van der Waals surface area contributed by atoms with Gasteiger partial charge in [-0.2, -0.15) is 0 Å². The number of carbonyl (C=O) groups excluding carboxylic acids is 1. The lowest BCUT2D eigenvalue weighted by atomic mass is 10.1. The normalized spacial score (nSPS) is 17.5. The van der Waals surface area contributed by atoms with Crippen molar-refractivity contribution in [2.45, 2.75) is 26.4 Å². The summed E-state index contributed by atoms with van der Waals surface area (Å²) in [4.78, 5) is 15.9. The van der Waals surface area contributed by atoms with Crippen LogP contribution in [0.1, 0.15) is 34.0 Å². The minimum atomic E-state index is -0.292. The van der Waals surface area contributed by atoms with Crippen molar-refractivity contribution in [2.24, 2.45) is 0 Å². The molecule has 2 rings (SSSR count). The predicted molar refractivity (Wildman–Crippen MR) is 79.0 cm³/mol. The SMILES string of the molecule is Cc1cc(C(=O)N2CCOC(C)(C)C2)sc1C#CCO. The Morgan fingerprint density at radius 3 is 3.00 bits per heavy atom. The average Bonchev–Trinajstić information content (AvgIpc) is 2.75. The summed E-state index contributed by atoms with van der Waals surface area (Å²) in [6.45, 7) is 7.53. The molecule has 0 aliphatic carbocycles. The van der Waals surface area contributed by atoms with Gasteiger partial charge in [0.05, 0.1) is 22.0 Å². The van der Waals surface area contributed by atoms with Crippen LogP contribution < -0.4 is 0 Å². The van der Waals surface area contributed by atoms with E-state index in [9.17, 15) is 4.79 Å². The third-order valence-electron chi connectivity index (χ3n) is 3.12. The first kappa shape index (κ1) is 15.0. The highest BCUT2D eigenvalue weighted by molar-refractivity contribution is 7.14. The van der Waals surface area contributed by atoms with Crippen molar-refractivity contribution >= 4 is 17.2 Å². The van der Waals surface area contributed by atoms with Gasteiger partial charge in [0, 0.05) is 13.1 Å². The molecular weight excluding hydrogens is 274 g/mol. The van der Waals surface area contributed by atoms with Gasteiger partial charge in [0.1, 0.15) is 6.61 Å². The van der Waals surface area contributed by atoms with Gasteiger partial charge in [0.25, 0.3) is 5.91 Å². The van der Waals surface area contributed by atoms with Gasteiger partial charge in [-0.05, 0) is 32.4 Å². The van der Waals surface area contributed by atoms with Gasteiger partial charge < -0.3 is 14.7 Å². The number of thiophene rings is 1. The van der Waals surface area contributed by atoms with Crippen molar-refractivity contribution in [3.63, 3.8) is 0 Å². The van der Waals surface area contributed by atoms with Crippen LogP contribution in [-0.4, -0.2) is 47.8 Å². The Balaban J connectivity index is 2.17. The molecule has 108 valence electrons. The van der Waals surface area contributed by atoms with E-state index in [1.54, 1.807) is 0 Å². The molecule has 1 aromatic heterocycles. The molecule has 1 amide bonds. The summed E-state index contributed by atoms with van der Waals surface area (Å²) in [6.07, 6.45) is 0. The standard InChI is InChI=1S/C15H19NO3S/c1-11-9-13(20-12(11)5-4-7-17)14(18)16-6-8-19-15(2,3)10-16/h9,17H,6-8,10H2,1-3H3. The number of rotatable bonds is 1. The van der Waals surface area contributed by atoms with E-state index in [4.69, 9.17) is 9.84 Å². The molecule has 1 aromatic rings. The molecule has 0 spiro atoms. The molecule has 20 heavy (non-hydrogen) atoms. The number of nitrogens with zero attached hydrogens (tertiary/aromatic N) is 1. The highest BCUT2D eigenvalue weighted by Crippen LogP contribution is 2.25. The Hall–Kier alpha value is -1.35. The van der Waals surface area contributed by atoms with Gasteiger partial charge in [-0.15, -0.1) is 11.3 Å². The summed E-state index contributed by atoms with van der Waals surface area (Å²) in [6, 6.07) is 1.87. The number of hydrogen-bond donors (Lipinski definition) is 1. The summed E-state index contributed by atoms with van der Waals surface area (Å²) in [7, 11) is 0. The molecule has 0 bridgehead atoms. The first-order valence-electron chi connectivity index (χ1n) is 6.56. The van der Waals surface area contributed by atoms with Crippen LogP contribution in [0.5, 0.6) is 0 Å². The maximum Gasteiger partial charge on any atom is 0.264 e. The predicted octanol–water partition coefficient (Wildman–Crippen LogP) is 1.65. The molecule has 5 heteroatoms. The van der Waals surface area contributed by atoms with E-state index >= 15 is 0 Å². The minimum absolute atomic E-state index is 0.0338. The number of carbonyl (C=O) groups is 1. The van der Waals surface area contributed by atoms with E-state index < -0.39 is 0 Å². The van der Waals surface area contributed by atoms with Gasteiger partial charge in [-0.25, -0.2) is 0 Å². The highest BCUT2D eigenvalue weighted by atomic mass is 32.1. The Morgan fingerprint density at radius 1 is 1.60 bits per heavy atom. The van der Waals surface area contributed by atoms with Gasteiger partial charge in [0.2, 0.25) is 0 Å². The largest absolute Gasteiger partial charge is 0.384 e. The molecule has 1 fully saturated rings. The molecule has 0 unspecified atom stereocenters. The molecule has 0 aromatic carbocycles. The second-order valence-corrected chi connectivity index (χ2v) is 6.47. The number of aliphatic hydroxyl groups is 1. The third kappa shape index (κ3) is 3.40. The maximum atomic E-state index is 12.5. The number of aryl methyl sites for hydroxylation is 1. The number of hydrogen-bond acceptors (Lipinski definition) is 4. The van der Waals surface area contributed by atoms with E-state index in [1.807, 2.05) is 31.7 Å². The van der Waals surface area contributed by atoms with Gasteiger partial charge in [-0.1, -0.05) is 11.8 Å². The van der Waals surface area contributed by atoms with Crippen LogP contribution >= 0.6 is 11.3 Å². The van der Waals surface area contributed by atoms with Crippen LogP contribution in [0.15, 0.2) is 6.07 Å². The molecule has 2 heterocycles. The Morgan fingerprint density at radius 2 is 2.35 bits per heavy atom. The molecule has 0 atom stereocenters. The van der Waals surface area contributed by atoms with E-state index in [-0.39, 0.29) is 18.1 Å².